The first kappa shape index (κ1) is 11.7. The molecule has 1 rings (SSSR count). The molecule has 0 aliphatic rings. The van der Waals surface area contributed by atoms with Crippen LogP contribution in [0.4, 0.5) is 0 Å². The third-order valence-electron chi connectivity index (χ3n) is 2.01. The van der Waals surface area contributed by atoms with E-state index in [2.05, 4.69) is 5.32 Å². The lowest BCUT2D eigenvalue weighted by atomic mass is 10.1. The van der Waals surface area contributed by atoms with Gasteiger partial charge in [0.15, 0.2) is 0 Å². The summed E-state index contributed by atoms with van der Waals surface area (Å²) in [5, 5.41) is 13.0. The molecule has 1 amide bonds. The SMILES string of the molecule is CCCNC(=O)c1scc(C(=O)O)c1C. The van der Waals surface area contributed by atoms with E-state index in [0.717, 1.165) is 6.42 Å². The van der Waals surface area contributed by atoms with E-state index in [4.69, 9.17) is 5.11 Å². The van der Waals surface area contributed by atoms with E-state index < -0.39 is 5.97 Å². The molecule has 0 aliphatic carbocycles. The van der Waals surface area contributed by atoms with Gasteiger partial charge in [0.1, 0.15) is 0 Å². The van der Waals surface area contributed by atoms with Crippen molar-refractivity contribution in [1.29, 1.82) is 0 Å². The minimum absolute atomic E-state index is 0.188. The van der Waals surface area contributed by atoms with Gasteiger partial charge in [-0.05, 0) is 18.9 Å². The molecule has 82 valence electrons. The highest BCUT2D eigenvalue weighted by Crippen LogP contribution is 2.21. The third kappa shape index (κ3) is 2.56. The maximum absolute atomic E-state index is 11.6. The van der Waals surface area contributed by atoms with Crippen LogP contribution in [0, 0.1) is 6.92 Å². The fraction of sp³-hybridized carbons (Fsp3) is 0.400. The lowest BCUT2D eigenvalue weighted by Crippen LogP contribution is -2.23. The summed E-state index contributed by atoms with van der Waals surface area (Å²) in [4.78, 5) is 22.8. The molecule has 4 nitrogen and oxygen atoms in total. The number of amides is 1. The van der Waals surface area contributed by atoms with Crippen molar-refractivity contribution in [2.24, 2.45) is 0 Å². The van der Waals surface area contributed by atoms with Crippen molar-refractivity contribution in [2.45, 2.75) is 20.3 Å². The molecule has 1 heterocycles. The lowest BCUT2D eigenvalue weighted by molar-refractivity contribution is 0.0696. The highest BCUT2D eigenvalue weighted by atomic mass is 32.1. The van der Waals surface area contributed by atoms with Crippen LogP contribution in [0.15, 0.2) is 5.38 Å². The van der Waals surface area contributed by atoms with Crippen molar-refractivity contribution in [3.05, 3.63) is 21.4 Å². The number of rotatable bonds is 4. The molecule has 2 N–H and O–H groups in total. The van der Waals surface area contributed by atoms with Gasteiger partial charge in [-0.15, -0.1) is 11.3 Å². The number of nitrogens with one attached hydrogen (secondary N) is 1. The monoisotopic (exact) mass is 227 g/mol. The second-order valence-electron chi connectivity index (χ2n) is 3.16. The maximum Gasteiger partial charge on any atom is 0.336 e. The van der Waals surface area contributed by atoms with Gasteiger partial charge < -0.3 is 10.4 Å². The van der Waals surface area contributed by atoms with Crippen molar-refractivity contribution in [2.75, 3.05) is 6.54 Å². The van der Waals surface area contributed by atoms with Crippen LogP contribution in [-0.2, 0) is 0 Å². The van der Waals surface area contributed by atoms with Crippen LogP contribution in [0.25, 0.3) is 0 Å². The standard InChI is InChI=1S/C10H13NO3S/c1-3-4-11-9(12)8-6(2)7(5-15-8)10(13)14/h5H,3-4H2,1-2H3,(H,11,12)(H,13,14). The molecule has 0 saturated heterocycles. The first-order valence-electron chi connectivity index (χ1n) is 4.67. The zero-order chi connectivity index (χ0) is 11.4. The summed E-state index contributed by atoms with van der Waals surface area (Å²) >= 11 is 1.17. The molecule has 5 heteroatoms. The van der Waals surface area contributed by atoms with E-state index in [-0.39, 0.29) is 11.5 Å². The summed E-state index contributed by atoms with van der Waals surface area (Å²) in [6.07, 6.45) is 0.863. The Balaban J connectivity index is 2.86. The summed E-state index contributed by atoms with van der Waals surface area (Å²) < 4.78 is 0. The Morgan fingerprint density at radius 1 is 1.53 bits per heavy atom. The second-order valence-corrected chi connectivity index (χ2v) is 4.04. The van der Waals surface area contributed by atoms with E-state index in [1.165, 1.54) is 16.7 Å². The largest absolute Gasteiger partial charge is 0.478 e. The molecule has 0 aromatic carbocycles. The predicted molar refractivity (Wildman–Crippen MR) is 58.6 cm³/mol. The van der Waals surface area contributed by atoms with Crippen molar-refractivity contribution >= 4 is 23.2 Å². The Morgan fingerprint density at radius 2 is 2.20 bits per heavy atom. The van der Waals surface area contributed by atoms with Gasteiger partial charge >= 0.3 is 5.97 Å². The number of carboxylic acid groups (broad SMARTS) is 1. The number of carbonyl (C=O) groups excluding carboxylic acids is 1. The summed E-state index contributed by atoms with van der Waals surface area (Å²) in [7, 11) is 0. The molecule has 0 atom stereocenters. The molecule has 0 spiro atoms. The minimum atomic E-state index is -0.988. The number of aromatic carboxylic acids is 1. The lowest BCUT2D eigenvalue weighted by Gasteiger charge is -2.01. The van der Waals surface area contributed by atoms with E-state index in [9.17, 15) is 9.59 Å². The van der Waals surface area contributed by atoms with Crippen LogP contribution in [0.1, 0.15) is 38.9 Å². The normalized spacial score (nSPS) is 10.0. The zero-order valence-electron chi connectivity index (χ0n) is 8.66. The first-order chi connectivity index (χ1) is 7.07. The molecule has 0 bridgehead atoms. The fourth-order valence-corrected chi connectivity index (χ4v) is 2.15. The number of carbonyl (C=O) groups is 2. The van der Waals surface area contributed by atoms with E-state index in [0.29, 0.717) is 17.0 Å². The van der Waals surface area contributed by atoms with Crippen molar-refractivity contribution < 1.29 is 14.7 Å². The van der Waals surface area contributed by atoms with Gasteiger partial charge in [-0.1, -0.05) is 6.92 Å². The van der Waals surface area contributed by atoms with E-state index in [1.54, 1.807) is 6.92 Å². The number of carboxylic acids is 1. The molecular formula is C10H13NO3S. The van der Waals surface area contributed by atoms with Crippen LogP contribution >= 0.6 is 11.3 Å². The summed E-state index contributed by atoms with van der Waals surface area (Å²) in [5.41, 5.74) is 0.753. The molecule has 0 fully saturated rings. The topological polar surface area (TPSA) is 66.4 Å². The quantitative estimate of drug-likeness (QED) is 0.825. The van der Waals surface area contributed by atoms with Crippen LogP contribution in [0.3, 0.4) is 0 Å². The Labute approximate surface area is 91.9 Å². The average molecular weight is 227 g/mol. The van der Waals surface area contributed by atoms with Crippen molar-refractivity contribution in [3.8, 4) is 0 Å². The molecule has 0 aliphatic heterocycles. The zero-order valence-corrected chi connectivity index (χ0v) is 9.48. The molecule has 0 saturated carbocycles. The van der Waals surface area contributed by atoms with Crippen LogP contribution in [0.2, 0.25) is 0 Å². The Morgan fingerprint density at radius 3 is 2.67 bits per heavy atom. The molecule has 0 radical (unpaired) electrons. The van der Waals surface area contributed by atoms with Gasteiger partial charge in [0, 0.05) is 11.9 Å². The van der Waals surface area contributed by atoms with Gasteiger partial charge in [0.25, 0.3) is 5.91 Å². The number of hydrogen-bond donors (Lipinski definition) is 2. The molecule has 0 unspecified atom stereocenters. The second kappa shape index (κ2) is 4.93. The molecular weight excluding hydrogens is 214 g/mol. The predicted octanol–water partition coefficient (Wildman–Crippen LogP) is 1.89. The molecule has 15 heavy (non-hydrogen) atoms. The van der Waals surface area contributed by atoms with Gasteiger partial charge in [-0.2, -0.15) is 0 Å². The Bertz CT molecular complexity index is 384. The molecule has 1 aromatic rings. The Kier molecular flexibility index (Phi) is 3.85. The van der Waals surface area contributed by atoms with Gasteiger partial charge in [-0.3, -0.25) is 4.79 Å². The summed E-state index contributed by atoms with van der Waals surface area (Å²) in [6, 6.07) is 0. The van der Waals surface area contributed by atoms with Crippen molar-refractivity contribution in [3.63, 3.8) is 0 Å². The van der Waals surface area contributed by atoms with Gasteiger partial charge in [0.2, 0.25) is 0 Å². The average Bonchev–Trinajstić information content (AvgIpc) is 2.56. The minimum Gasteiger partial charge on any atom is -0.478 e. The Hall–Kier alpha value is -1.36. The van der Waals surface area contributed by atoms with Gasteiger partial charge in [-0.25, -0.2) is 4.79 Å². The smallest absolute Gasteiger partial charge is 0.336 e. The van der Waals surface area contributed by atoms with Gasteiger partial charge in [0.05, 0.1) is 10.4 Å². The highest BCUT2D eigenvalue weighted by molar-refractivity contribution is 7.12. The first-order valence-corrected chi connectivity index (χ1v) is 5.55. The summed E-state index contributed by atoms with van der Waals surface area (Å²) in [5.74, 6) is -1.18. The number of thiophene rings is 1. The van der Waals surface area contributed by atoms with E-state index in [1.807, 2.05) is 6.92 Å². The van der Waals surface area contributed by atoms with Crippen LogP contribution in [0.5, 0.6) is 0 Å². The molecule has 1 aromatic heterocycles. The number of hydrogen-bond acceptors (Lipinski definition) is 3. The summed E-state index contributed by atoms with van der Waals surface area (Å²) in [6.45, 7) is 4.23. The maximum atomic E-state index is 11.6. The third-order valence-corrected chi connectivity index (χ3v) is 3.09. The fourth-order valence-electron chi connectivity index (χ4n) is 1.17. The van der Waals surface area contributed by atoms with Crippen LogP contribution in [-0.4, -0.2) is 23.5 Å². The van der Waals surface area contributed by atoms with E-state index >= 15 is 0 Å². The van der Waals surface area contributed by atoms with Crippen molar-refractivity contribution in [1.82, 2.24) is 5.32 Å². The van der Waals surface area contributed by atoms with Crippen LogP contribution < -0.4 is 5.32 Å². The highest BCUT2D eigenvalue weighted by Gasteiger charge is 2.17.